The predicted octanol–water partition coefficient (Wildman–Crippen LogP) is 3.53. The Morgan fingerprint density at radius 3 is 2.74 bits per heavy atom. The second-order valence-corrected chi connectivity index (χ2v) is 5.21. The number of hydrogen-bond acceptors (Lipinski definition) is 3. The van der Waals surface area contributed by atoms with Crippen molar-refractivity contribution in [1.29, 1.82) is 0 Å². The number of aromatic nitrogens is 1. The number of carbonyl (C=O) groups is 1. The van der Waals surface area contributed by atoms with Crippen molar-refractivity contribution in [2.24, 2.45) is 0 Å². The summed E-state index contributed by atoms with van der Waals surface area (Å²) in [6.07, 6.45) is 0. The van der Waals surface area contributed by atoms with E-state index in [1.165, 1.54) is 0 Å². The second-order valence-electron chi connectivity index (χ2n) is 5.21. The summed E-state index contributed by atoms with van der Waals surface area (Å²) in [6.45, 7) is 0. The van der Waals surface area contributed by atoms with Gasteiger partial charge in [0.2, 0.25) is 0 Å². The third kappa shape index (κ3) is 2.38. The van der Waals surface area contributed by atoms with Gasteiger partial charge < -0.3 is 9.73 Å². The van der Waals surface area contributed by atoms with E-state index in [1.54, 1.807) is 24.3 Å². The van der Waals surface area contributed by atoms with E-state index in [2.05, 4.69) is 10.3 Å². The SMILES string of the molecule is O=C(Nc1ccc2oc(=O)[nH]c2c1)c1cccc2ccccc12. The van der Waals surface area contributed by atoms with E-state index < -0.39 is 5.76 Å². The van der Waals surface area contributed by atoms with Gasteiger partial charge in [-0.1, -0.05) is 36.4 Å². The molecule has 4 aromatic rings. The number of nitrogens with one attached hydrogen (secondary N) is 2. The number of rotatable bonds is 2. The van der Waals surface area contributed by atoms with Crippen LogP contribution in [0.3, 0.4) is 0 Å². The monoisotopic (exact) mass is 304 g/mol. The van der Waals surface area contributed by atoms with Crippen LogP contribution in [0.15, 0.2) is 69.9 Å². The zero-order valence-electron chi connectivity index (χ0n) is 12.0. The number of fused-ring (bicyclic) bond motifs is 2. The Kier molecular flexibility index (Phi) is 2.98. The Balaban J connectivity index is 1.71. The zero-order valence-corrected chi connectivity index (χ0v) is 12.0. The van der Waals surface area contributed by atoms with E-state index in [9.17, 15) is 9.59 Å². The maximum absolute atomic E-state index is 12.6. The summed E-state index contributed by atoms with van der Waals surface area (Å²) in [5, 5.41) is 4.75. The first kappa shape index (κ1) is 13.3. The molecule has 0 atom stereocenters. The summed E-state index contributed by atoms with van der Waals surface area (Å²) in [6, 6.07) is 18.3. The number of aromatic amines is 1. The summed E-state index contributed by atoms with van der Waals surface area (Å²) < 4.78 is 4.95. The number of H-pyrrole nitrogens is 1. The lowest BCUT2D eigenvalue weighted by Crippen LogP contribution is -2.12. The molecule has 0 bridgehead atoms. The minimum atomic E-state index is -0.516. The number of anilines is 1. The Morgan fingerprint density at radius 1 is 1.00 bits per heavy atom. The third-order valence-corrected chi connectivity index (χ3v) is 3.71. The van der Waals surface area contributed by atoms with Gasteiger partial charge in [0.05, 0.1) is 5.52 Å². The zero-order chi connectivity index (χ0) is 15.8. The molecule has 0 aliphatic carbocycles. The Hall–Kier alpha value is -3.34. The number of oxazole rings is 1. The van der Waals surface area contributed by atoms with Crippen LogP contribution in [-0.4, -0.2) is 10.9 Å². The first-order valence-electron chi connectivity index (χ1n) is 7.13. The molecule has 4 rings (SSSR count). The van der Waals surface area contributed by atoms with Gasteiger partial charge in [0.15, 0.2) is 5.58 Å². The second kappa shape index (κ2) is 5.14. The topological polar surface area (TPSA) is 75.1 Å². The fourth-order valence-electron chi connectivity index (χ4n) is 2.65. The lowest BCUT2D eigenvalue weighted by atomic mass is 10.0. The van der Waals surface area contributed by atoms with Gasteiger partial charge in [-0.15, -0.1) is 0 Å². The molecule has 0 radical (unpaired) electrons. The summed E-state index contributed by atoms with van der Waals surface area (Å²) in [5.74, 6) is -0.718. The quantitative estimate of drug-likeness (QED) is 0.595. The predicted molar refractivity (Wildman–Crippen MR) is 88.7 cm³/mol. The number of amides is 1. The van der Waals surface area contributed by atoms with E-state index in [-0.39, 0.29) is 5.91 Å². The molecule has 2 N–H and O–H groups in total. The molecule has 5 heteroatoms. The molecule has 1 heterocycles. The van der Waals surface area contributed by atoms with Crippen molar-refractivity contribution >= 4 is 33.5 Å². The summed E-state index contributed by atoms with van der Waals surface area (Å²) in [7, 11) is 0. The smallest absolute Gasteiger partial charge is 0.408 e. The van der Waals surface area contributed by atoms with E-state index in [0.717, 1.165) is 10.8 Å². The average Bonchev–Trinajstić information content (AvgIpc) is 2.93. The van der Waals surface area contributed by atoms with Crippen LogP contribution in [-0.2, 0) is 0 Å². The fourth-order valence-corrected chi connectivity index (χ4v) is 2.65. The highest BCUT2D eigenvalue weighted by Gasteiger charge is 2.11. The van der Waals surface area contributed by atoms with Gasteiger partial charge in [0.1, 0.15) is 0 Å². The molecule has 0 saturated heterocycles. The molecule has 0 aliphatic rings. The highest BCUT2D eigenvalue weighted by molar-refractivity contribution is 6.13. The lowest BCUT2D eigenvalue weighted by Gasteiger charge is -2.08. The molecule has 112 valence electrons. The number of benzene rings is 3. The maximum Gasteiger partial charge on any atom is 0.417 e. The van der Waals surface area contributed by atoms with Gasteiger partial charge in [-0.05, 0) is 35.0 Å². The fraction of sp³-hybridized carbons (Fsp3) is 0. The Morgan fingerprint density at radius 2 is 1.83 bits per heavy atom. The molecule has 5 nitrogen and oxygen atoms in total. The van der Waals surface area contributed by atoms with Gasteiger partial charge in [-0.3, -0.25) is 9.78 Å². The first-order valence-corrected chi connectivity index (χ1v) is 7.13. The highest BCUT2D eigenvalue weighted by Crippen LogP contribution is 2.21. The van der Waals surface area contributed by atoms with Crippen LogP contribution in [0, 0.1) is 0 Å². The summed E-state index contributed by atoms with van der Waals surface area (Å²) in [5.41, 5.74) is 2.19. The largest absolute Gasteiger partial charge is 0.417 e. The van der Waals surface area contributed by atoms with Crippen LogP contribution in [0.1, 0.15) is 10.4 Å². The molecule has 1 amide bonds. The van der Waals surface area contributed by atoms with Crippen molar-refractivity contribution in [3.63, 3.8) is 0 Å². The van der Waals surface area contributed by atoms with E-state index in [0.29, 0.717) is 22.4 Å². The van der Waals surface area contributed by atoms with E-state index in [4.69, 9.17) is 4.42 Å². The average molecular weight is 304 g/mol. The minimum Gasteiger partial charge on any atom is -0.408 e. The van der Waals surface area contributed by atoms with Crippen LogP contribution >= 0.6 is 0 Å². The van der Waals surface area contributed by atoms with Crippen molar-refractivity contribution in [2.45, 2.75) is 0 Å². The molecular formula is C18H12N2O3. The van der Waals surface area contributed by atoms with Crippen LogP contribution in [0.2, 0.25) is 0 Å². The molecule has 0 saturated carbocycles. The molecule has 0 unspecified atom stereocenters. The van der Waals surface area contributed by atoms with Gasteiger partial charge >= 0.3 is 5.76 Å². The highest BCUT2D eigenvalue weighted by atomic mass is 16.4. The molecular weight excluding hydrogens is 292 g/mol. The van der Waals surface area contributed by atoms with E-state index in [1.807, 2.05) is 36.4 Å². The van der Waals surface area contributed by atoms with Crippen molar-refractivity contribution in [3.05, 3.63) is 76.8 Å². The normalized spacial score (nSPS) is 11.0. The Bertz CT molecular complexity index is 1090. The van der Waals surface area contributed by atoms with Crippen molar-refractivity contribution in [2.75, 3.05) is 5.32 Å². The molecule has 0 fully saturated rings. The number of hydrogen-bond donors (Lipinski definition) is 2. The van der Waals surface area contributed by atoms with Gasteiger partial charge in [-0.2, -0.15) is 0 Å². The van der Waals surface area contributed by atoms with Crippen LogP contribution in [0.4, 0.5) is 5.69 Å². The molecule has 1 aromatic heterocycles. The molecule has 3 aromatic carbocycles. The molecule has 23 heavy (non-hydrogen) atoms. The van der Waals surface area contributed by atoms with Crippen molar-refractivity contribution in [1.82, 2.24) is 4.98 Å². The van der Waals surface area contributed by atoms with Crippen LogP contribution < -0.4 is 11.1 Å². The van der Waals surface area contributed by atoms with Crippen molar-refractivity contribution < 1.29 is 9.21 Å². The van der Waals surface area contributed by atoms with Crippen LogP contribution in [0.5, 0.6) is 0 Å². The third-order valence-electron chi connectivity index (χ3n) is 3.71. The maximum atomic E-state index is 12.6. The molecule has 0 spiro atoms. The Labute approximate surface area is 130 Å². The van der Waals surface area contributed by atoms with Crippen LogP contribution in [0.25, 0.3) is 21.9 Å². The van der Waals surface area contributed by atoms with Gasteiger partial charge in [-0.25, -0.2) is 4.79 Å². The minimum absolute atomic E-state index is 0.202. The first-order chi connectivity index (χ1) is 11.2. The standard InChI is InChI=1S/C18H12N2O3/c21-17(14-7-3-5-11-4-1-2-6-13(11)14)19-12-8-9-16-15(10-12)20-18(22)23-16/h1-10H,(H,19,21)(H,20,22). The molecule has 0 aliphatic heterocycles. The van der Waals surface area contributed by atoms with E-state index >= 15 is 0 Å². The number of carbonyl (C=O) groups excluding carboxylic acids is 1. The summed E-state index contributed by atoms with van der Waals surface area (Å²) in [4.78, 5) is 26.3. The summed E-state index contributed by atoms with van der Waals surface area (Å²) >= 11 is 0. The lowest BCUT2D eigenvalue weighted by molar-refractivity contribution is 0.102. The van der Waals surface area contributed by atoms with Crippen molar-refractivity contribution in [3.8, 4) is 0 Å². The van der Waals surface area contributed by atoms with Gasteiger partial charge in [0, 0.05) is 11.3 Å². The van der Waals surface area contributed by atoms with Gasteiger partial charge in [0.25, 0.3) is 5.91 Å².